The van der Waals surface area contributed by atoms with Gasteiger partial charge in [-0.2, -0.15) is 5.10 Å². The first kappa shape index (κ1) is 13.8. The van der Waals surface area contributed by atoms with Crippen molar-refractivity contribution in [3.05, 3.63) is 48.3 Å². The van der Waals surface area contributed by atoms with Crippen LogP contribution in [-0.4, -0.2) is 28.8 Å². The minimum Gasteiger partial charge on any atom is -0.325 e. The van der Waals surface area contributed by atoms with Crippen molar-refractivity contribution in [3.63, 3.8) is 0 Å². The number of carbonyl (C=O) groups excluding carboxylic acids is 1. The fourth-order valence-corrected chi connectivity index (χ4v) is 1.78. The van der Waals surface area contributed by atoms with E-state index in [9.17, 15) is 4.79 Å². The summed E-state index contributed by atoms with van der Waals surface area (Å²) in [5.74, 6) is 2.31. The average Bonchev–Trinajstić information content (AvgIpc) is 2.92. The van der Waals surface area contributed by atoms with Crippen molar-refractivity contribution in [2.24, 2.45) is 0 Å². The molecule has 1 aromatic carbocycles. The Balaban J connectivity index is 1.92. The molecule has 20 heavy (non-hydrogen) atoms. The molecule has 0 saturated carbocycles. The predicted octanol–water partition coefficient (Wildman–Crippen LogP) is 1.09. The number of aromatic nitrogens is 2. The van der Waals surface area contributed by atoms with Crippen LogP contribution in [-0.2, 0) is 11.3 Å². The first-order valence-electron chi connectivity index (χ1n) is 6.28. The van der Waals surface area contributed by atoms with E-state index in [4.69, 9.17) is 6.42 Å². The van der Waals surface area contributed by atoms with Crippen LogP contribution >= 0.6 is 0 Å². The van der Waals surface area contributed by atoms with Gasteiger partial charge in [-0.1, -0.05) is 18.1 Å². The minimum atomic E-state index is -0.114. The molecule has 0 saturated heterocycles. The molecule has 0 bridgehead atoms. The van der Waals surface area contributed by atoms with Gasteiger partial charge in [0.15, 0.2) is 0 Å². The van der Waals surface area contributed by atoms with Gasteiger partial charge in [-0.25, -0.2) is 0 Å². The number of hydrogen-bond donors (Lipinski definition) is 2. The van der Waals surface area contributed by atoms with Crippen LogP contribution in [0.1, 0.15) is 5.56 Å². The monoisotopic (exact) mass is 268 g/mol. The second kappa shape index (κ2) is 7.12. The summed E-state index contributed by atoms with van der Waals surface area (Å²) in [4.78, 5) is 11.7. The van der Waals surface area contributed by atoms with E-state index in [1.54, 1.807) is 6.20 Å². The maximum absolute atomic E-state index is 11.7. The van der Waals surface area contributed by atoms with Crippen molar-refractivity contribution in [2.45, 2.75) is 6.54 Å². The molecule has 0 radical (unpaired) electrons. The van der Waals surface area contributed by atoms with Crippen LogP contribution in [0.15, 0.2) is 42.7 Å². The third-order valence-corrected chi connectivity index (χ3v) is 2.63. The highest BCUT2D eigenvalue weighted by Gasteiger charge is 2.02. The van der Waals surface area contributed by atoms with E-state index in [1.807, 2.05) is 41.2 Å². The lowest BCUT2D eigenvalue weighted by atomic mass is 10.2. The van der Waals surface area contributed by atoms with Crippen molar-refractivity contribution in [2.75, 3.05) is 18.4 Å². The van der Waals surface area contributed by atoms with Crippen LogP contribution in [0.2, 0.25) is 0 Å². The smallest absolute Gasteiger partial charge is 0.238 e. The van der Waals surface area contributed by atoms with Crippen LogP contribution in [0.5, 0.6) is 0 Å². The van der Waals surface area contributed by atoms with Crippen LogP contribution in [0, 0.1) is 12.3 Å². The lowest BCUT2D eigenvalue weighted by Gasteiger charge is -2.08. The fourth-order valence-electron chi connectivity index (χ4n) is 1.78. The molecule has 2 rings (SSSR count). The fraction of sp³-hybridized carbons (Fsp3) is 0.200. The highest BCUT2D eigenvalue weighted by atomic mass is 16.1. The second-order valence-corrected chi connectivity index (χ2v) is 4.26. The number of amides is 1. The predicted molar refractivity (Wildman–Crippen MR) is 78.1 cm³/mol. The van der Waals surface area contributed by atoms with E-state index in [-0.39, 0.29) is 12.5 Å². The standard InChI is InChI=1S/C15H16N4O/c1-2-7-16-11-15(20)18-14-6-3-5-13(10-14)12-19-9-4-8-17-19/h1,3-6,8-10,16H,7,11-12H2,(H,18,20). The molecule has 1 heterocycles. The van der Waals surface area contributed by atoms with E-state index < -0.39 is 0 Å². The molecule has 5 nitrogen and oxygen atoms in total. The molecule has 0 unspecified atom stereocenters. The van der Waals surface area contributed by atoms with Crippen molar-refractivity contribution in [1.82, 2.24) is 15.1 Å². The number of terminal acetylenes is 1. The zero-order valence-electron chi connectivity index (χ0n) is 11.0. The molecule has 0 aliphatic rings. The Morgan fingerprint density at radius 2 is 2.30 bits per heavy atom. The Labute approximate surface area is 118 Å². The van der Waals surface area contributed by atoms with E-state index in [1.165, 1.54) is 0 Å². The van der Waals surface area contributed by atoms with Crippen molar-refractivity contribution < 1.29 is 4.79 Å². The molecule has 1 aromatic heterocycles. The summed E-state index contributed by atoms with van der Waals surface area (Å²) in [6, 6.07) is 9.56. The Kier molecular flexibility index (Phi) is 4.93. The summed E-state index contributed by atoms with van der Waals surface area (Å²) in [5, 5.41) is 9.82. The Bertz CT molecular complexity index is 599. The van der Waals surface area contributed by atoms with E-state index >= 15 is 0 Å². The van der Waals surface area contributed by atoms with Gasteiger partial charge in [0, 0.05) is 18.1 Å². The van der Waals surface area contributed by atoms with Gasteiger partial charge < -0.3 is 5.32 Å². The van der Waals surface area contributed by atoms with Gasteiger partial charge in [0.2, 0.25) is 5.91 Å². The topological polar surface area (TPSA) is 59.0 Å². The van der Waals surface area contributed by atoms with Crippen LogP contribution in [0.4, 0.5) is 5.69 Å². The SMILES string of the molecule is C#CCNCC(=O)Nc1cccc(Cn2cccn2)c1. The quantitative estimate of drug-likeness (QED) is 0.609. The van der Waals surface area contributed by atoms with Gasteiger partial charge >= 0.3 is 0 Å². The summed E-state index contributed by atoms with van der Waals surface area (Å²) in [7, 11) is 0. The largest absolute Gasteiger partial charge is 0.325 e. The number of hydrogen-bond acceptors (Lipinski definition) is 3. The molecular formula is C15H16N4O. The summed E-state index contributed by atoms with van der Waals surface area (Å²) >= 11 is 0. The molecule has 0 spiro atoms. The molecule has 0 aliphatic carbocycles. The Morgan fingerprint density at radius 1 is 1.40 bits per heavy atom. The minimum absolute atomic E-state index is 0.114. The van der Waals surface area contributed by atoms with Gasteiger partial charge in [-0.15, -0.1) is 6.42 Å². The molecule has 0 fully saturated rings. The lowest BCUT2D eigenvalue weighted by molar-refractivity contribution is -0.115. The van der Waals surface area contributed by atoms with Crippen molar-refractivity contribution in [1.29, 1.82) is 0 Å². The zero-order chi connectivity index (χ0) is 14.2. The average molecular weight is 268 g/mol. The third kappa shape index (κ3) is 4.26. The number of nitrogens with zero attached hydrogens (tertiary/aromatic N) is 2. The number of carbonyl (C=O) groups is 1. The lowest BCUT2D eigenvalue weighted by Crippen LogP contribution is -2.28. The van der Waals surface area contributed by atoms with Gasteiger partial charge in [0.05, 0.1) is 19.6 Å². The van der Waals surface area contributed by atoms with E-state index in [0.717, 1.165) is 11.3 Å². The first-order chi connectivity index (χ1) is 9.78. The van der Waals surface area contributed by atoms with Gasteiger partial charge in [0.1, 0.15) is 0 Å². The van der Waals surface area contributed by atoms with Gasteiger partial charge in [-0.05, 0) is 23.8 Å². The highest BCUT2D eigenvalue weighted by Crippen LogP contribution is 2.11. The normalized spacial score (nSPS) is 9.95. The van der Waals surface area contributed by atoms with Crippen LogP contribution in [0.3, 0.4) is 0 Å². The van der Waals surface area contributed by atoms with Crippen molar-refractivity contribution >= 4 is 11.6 Å². The summed E-state index contributed by atoms with van der Waals surface area (Å²) in [5.41, 5.74) is 1.84. The van der Waals surface area contributed by atoms with Crippen LogP contribution < -0.4 is 10.6 Å². The highest BCUT2D eigenvalue weighted by molar-refractivity contribution is 5.92. The summed E-state index contributed by atoms with van der Waals surface area (Å²) < 4.78 is 1.83. The van der Waals surface area contributed by atoms with Crippen LogP contribution in [0.25, 0.3) is 0 Å². The van der Waals surface area contributed by atoms with E-state index in [2.05, 4.69) is 21.7 Å². The number of rotatable bonds is 6. The van der Waals surface area contributed by atoms with Crippen molar-refractivity contribution in [3.8, 4) is 12.3 Å². The molecule has 0 aliphatic heterocycles. The second-order valence-electron chi connectivity index (χ2n) is 4.26. The summed E-state index contributed by atoms with van der Waals surface area (Å²) in [6.07, 6.45) is 8.74. The third-order valence-electron chi connectivity index (χ3n) is 2.63. The number of anilines is 1. The molecule has 5 heteroatoms. The Hall–Kier alpha value is -2.58. The molecular weight excluding hydrogens is 252 g/mol. The molecule has 1 amide bonds. The number of benzene rings is 1. The molecule has 2 aromatic rings. The van der Waals surface area contributed by atoms with E-state index in [0.29, 0.717) is 13.1 Å². The zero-order valence-corrected chi connectivity index (χ0v) is 11.0. The molecule has 102 valence electrons. The van der Waals surface area contributed by atoms with Gasteiger partial charge in [-0.3, -0.25) is 14.8 Å². The van der Waals surface area contributed by atoms with Gasteiger partial charge in [0.25, 0.3) is 0 Å². The maximum atomic E-state index is 11.7. The summed E-state index contributed by atoms with van der Waals surface area (Å²) in [6.45, 7) is 1.26. The molecule has 2 N–H and O–H groups in total. The molecule has 0 atom stereocenters. The Morgan fingerprint density at radius 3 is 3.05 bits per heavy atom. The maximum Gasteiger partial charge on any atom is 0.238 e. The number of nitrogens with one attached hydrogen (secondary N) is 2. The first-order valence-corrected chi connectivity index (χ1v) is 6.28.